The fourth-order valence-corrected chi connectivity index (χ4v) is 1.87. The van der Waals surface area contributed by atoms with Crippen molar-refractivity contribution in [2.75, 3.05) is 13.2 Å². The highest BCUT2D eigenvalue weighted by Gasteiger charge is 2.36. The van der Waals surface area contributed by atoms with Crippen molar-refractivity contribution < 1.29 is 45.9 Å². The third-order valence-corrected chi connectivity index (χ3v) is 3.36. The number of hydrogen-bond acceptors (Lipinski definition) is 7. The van der Waals surface area contributed by atoms with Gasteiger partial charge in [-0.05, 0) is 18.2 Å². The first kappa shape index (κ1) is 18.4. The van der Waals surface area contributed by atoms with Crippen molar-refractivity contribution in [1.82, 2.24) is 0 Å². The fourth-order valence-electron chi connectivity index (χ4n) is 1.37. The van der Waals surface area contributed by atoms with Gasteiger partial charge in [0.1, 0.15) is 21.8 Å². The SMILES string of the molecule is O=C(Oc1ccc(S(=O)(=O)[O-])cc1C(F)(F)F)C(CO)CO. The molecule has 0 aromatic heterocycles. The molecule has 1 aromatic carbocycles. The zero-order valence-electron chi connectivity index (χ0n) is 10.7. The van der Waals surface area contributed by atoms with Gasteiger partial charge in [0, 0.05) is 0 Å². The van der Waals surface area contributed by atoms with Crippen LogP contribution < -0.4 is 4.74 Å². The molecule has 7 nitrogen and oxygen atoms in total. The van der Waals surface area contributed by atoms with Gasteiger partial charge < -0.3 is 19.5 Å². The summed E-state index contributed by atoms with van der Waals surface area (Å²) in [6.07, 6.45) is -5.09. The Balaban J connectivity index is 3.28. The third-order valence-electron chi connectivity index (χ3n) is 2.53. The van der Waals surface area contributed by atoms with Gasteiger partial charge in [0.15, 0.2) is 0 Å². The first-order valence-electron chi connectivity index (χ1n) is 5.61. The normalized spacial score (nSPS) is 12.5. The average Bonchev–Trinajstić information content (AvgIpc) is 2.38. The minimum atomic E-state index is -5.13. The first-order chi connectivity index (χ1) is 10.0. The Morgan fingerprint density at radius 2 is 1.82 bits per heavy atom. The number of aliphatic hydroxyl groups excluding tert-OH is 2. The molecule has 124 valence electrons. The molecule has 2 N–H and O–H groups in total. The van der Waals surface area contributed by atoms with E-state index in [0.717, 1.165) is 0 Å². The lowest BCUT2D eigenvalue weighted by molar-refractivity contribution is -0.146. The zero-order valence-corrected chi connectivity index (χ0v) is 11.5. The van der Waals surface area contributed by atoms with Crippen LogP contribution in [0.15, 0.2) is 23.1 Å². The summed E-state index contributed by atoms with van der Waals surface area (Å²) in [5.74, 6) is -3.84. The lowest BCUT2D eigenvalue weighted by atomic mass is 10.1. The number of hydrogen-bond donors (Lipinski definition) is 2. The van der Waals surface area contributed by atoms with Gasteiger partial charge in [-0.2, -0.15) is 13.2 Å². The predicted octanol–water partition coefficient (Wildman–Crippen LogP) is 0.116. The molecule has 0 unspecified atom stereocenters. The number of ether oxygens (including phenoxy) is 1. The largest absolute Gasteiger partial charge is 0.744 e. The smallest absolute Gasteiger partial charge is 0.420 e. The Morgan fingerprint density at radius 1 is 1.27 bits per heavy atom. The van der Waals surface area contributed by atoms with E-state index >= 15 is 0 Å². The van der Waals surface area contributed by atoms with Crippen LogP contribution in [-0.4, -0.2) is 42.4 Å². The number of benzene rings is 1. The van der Waals surface area contributed by atoms with Crippen molar-refractivity contribution in [2.45, 2.75) is 11.1 Å². The molecule has 0 aliphatic rings. The molecule has 0 spiro atoms. The second-order valence-electron chi connectivity index (χ2n) is 4.09. The van der Waals surface area contributed by atoms with E-state index < -0.39 is 57.6 Å². The van der Waals surface area contributed by atoms with E-state index in [0.29, 0.717) is 12.1 Å². The summed E-state index contributed by atoms with van der Waals surface area (Å²) in [7, 11) is -5.13. The Kier molecular flexibility index (Phi) is 5.51. The van der Waals surface area contributed by atoms with Crippen molar-refractivity contribution in [1.29, 1.82) is 0 Å². The Hall–Kier alpha value is -1.69. The van der Waals surface area contributed by atoms with Gasteiger partial charge in [0.25, 0.3) is 0 Å². The van der Waals surface area contributed by atoms with Crippen LogP contribution >= 0.6 is 0 Å². The molecule has 0 saturated carbocycles. The van der Waals surface area contributed by atoms with Gasteiger partial charge in [-0.15, -0.1) is 0 Å². The highest BCUT2D eigenvalue weighted by atomic mass is 32.2. The topological polar surface area (TPSA) is 124 Å². The molecule has 0 radical (unpaired) electrons. The number of carbonyl (C=O) groups excluding carboxylic acids is 1. The monoisotopic (exact) mass is 343 g/mol. The van der Waals surface area contributed by atoms with E-state index in [1.54, 1.807) is 0 Å². The van der Waals surface area contributed by atoms with Crippen molar-refractivity contribution >= 4 is 16.1 Å². The van der Waals surface area contributed by atoms with E-state index in [1.165, 1.54) is 0 Å². The fraction of sp³-hybridized carbons (Fsp3) is 0.364. The van der Waals surface area contributed by atoms with Gasteiger partial charge >= 0.3 is 12.1 Å². The number of carbonyl (C=O) groups is 1. The second kappa shape index (κ2) is 6.60. The zero-order chi connectivity index (χ0) is 17.1. The van der Waals surface area contributed by atoms with Crippen LogP contribution in [0.5, 0.6) is 5.75 Å². The summed E-state index contributed by atoms with van der Waals surface area (Å²) in [4.78, 5) is 10.3. The Bertz CT molecular complexity index is 650. The summed E-state index contributed by atoms with van der Waals surface area (Å²) >= 11 is 0. The molecule has 0 heterocycles. The van der Waals surface area contributed by atoms with Crippen LogP contribution in [0.1, 0.15) is 5.56 Å². The number of aliphatic hydroxyl groups is 2. The first-order valence-corrected chi connectivity index (χ1v) is 7.02. The van der Waals surface area contributed by atoms with Crippen LogP contribution in [-0.2, 0) is 21.1 Å². The summed E-state index contributed by atoms with van der Waals surface area (Å²) in [6.45, 7) is -1.71. The summed E-state index contributed by atoms with van der Waals surface area (Å²) in [6, 6.07) is 1.09. The average molecular weight is 343 g/mol. The van der Waals surface area contributed by atoms with E-state index in [4.69, 9.17) is 10.2 Å². The number of halogens is 3. The lowest BCUT2D eigenvalue weighted by Gasteiger charge is -2.17. The van der Waals surface area contributed by atoms with Gasteiger partial charge in [0.2, 0.25) is 0 Å². The molecule has 1 rings (SSSR count). The maximum absolute atomic E-state index is 12.8. The molecule has 0 atom stereocenters. The molecular formula is C11H10F3O7S-. The molecule has 0 bridgehead atoms. The molecule has 11 heteroatoms. The molecule has 0 fully saturated rings. The highest BCUT2D eigenvalue weighted by molar-refractivity contribution is 7.85. The molecular weight excluding hydrogens is 333 g/mol. The van der Waals surface area contributed by atoms with Crippen LogP contribution in [0, 0.1) is 5.92 Å². The highest BCUT2D eigenvalue weighted by Crippen LogP contribution is 2.37. The number of rotatable bonds is 5. The van der Waals surface area contributed by atoms with Crippen molar-refractivity contribution in [3.8, 4) is 5.75 Å². The van der Waals surface area contributed by atoms with Gasteiger partial charge in [-0.3, -0.25) is 4.79 Å². The minimum absolute atomic E-state index is 0.0395. The minimum Gasteiger partial charge on any atom is -0.744 e. The van der Waals surface area contributed by atoms with Crippen LogP contribution in [0.2, 0.25) is 0 Å². The standard InChI is InChI=1S/C11H11F3O7S/c12-11(13,14)8-3-7(22(18,19)20)1-2-9(8)21-10(17)6(4-15)5-16/h1-3,6,15-16H,4-5H2,(H,18,19,20)/p-1. The van der Waals surface area contributed by atoms with Gasteiger partial charge in [0.05, 0.1) is 23.7 Å². The molecule has 0 aliphatic heterocycles. The van der Waals surface area contributed by atoms with E-state index in [1.807, 2.05) is 0 Å². The van der Waals surface area contributed by atoms with E-state index in [9.17, 15) is 30.9 Å². The summed E-state index contributed by atoms with van der Waals surface area (Å²) in [5, 5.41) is 17.5. The Morgan fingerprint density at radius 3 is 2.23 bits per heavy atom. The number of alkyl halides is 3. The van der Waals surface area contributed by atoms with Crippen LogP contribution in [0.3, 0.4) is 0 Å². The molecule has 0 aliphatic carbocycles. The predicted molar refractivity (Wildman–Crippen MR) is 62.7 cm³/mol. The lowest BCUT2D eigenvalue weighted by Crippen LogP contribution is -2.27. The summed E-state index contributed by atoms with van der Waals surface area (Å²) < 4.78 is 75.2. The quantitative estimate of drug-likeness (QED) is 0.442. The summed E-state index contributed by atoms with van der Waals surface area (Å²) in [5.41, 5.74) is -1.65. The van der Waals surface area contributed by atoms with Crippen molar-refractivity contribution in [3.05, 3.63) is 23.8 Å². The van der Waals surface area contributed by atoms with E-state index in [2.05, 4.69) is 4.74 Å². The van der Waals surface area contributed by atoms with Crippen molar-refractivity contribution in [2.24, 2.45) is 5.92 Å². The van der Waals surface area contributed by atoms with Crippen molar-refractivity contribution in [3.63, 3.8) is 0 Å². The Labute approximate surface area is 122 Å². The molecule has 0 amide bonds. The maximum atomic E-state index is 12.8. The van der Waals surface area contributed by atoms with Gasteiger partial charge in [-0.25, -0.2) is 8.42 Å². The molecule has 1 aromatic rings. The number of esters is 1. The second-order valence-corrected chi connectivity index (χ2v) is 5.47. The molecule has 0 saturated heterocycles. The van der Waals surface area contributed by atoms with Crippen LogP contribution in [0.4, 0.5) is 13.2 Å². The maximum Gasteiger partial charge on any atom is 0.420 e. The van der Waals surface area contributed by atoms with E-state index in [-0.39, 0.29) is 6.07 Å². The third kappa shape index (κ3) is 4.40. The molecule has 22 heavy (non-hydrogen) atoms. The van der Waals surface area contributed by atoms with Crippen LogP contribution in [0.25, 0.3) is 0 Å². The van der Waals surface area contributed by atoms with Gasteiger partial charge in [-0.1, -0.05) is 0 Å².